The molecule has 0 atom stereocenters. The van der Waals surface area contributed by atoms with Gasteiger partial charge in [-0.2, -0.15) is 10.2 Å². The molecule has 17 heavy (non-hydrogen) atoms. The number of aryl methyl sites for hydroxylation is 2. The van der Waals surface area contributed by atoms with Crippen molar-refractivity contribution in [3.8, 4) is 0 Å². The fraction of sp³-hybridized carbons (Fsp3) is 0.364. The number of hydrogen-bond acceptors (Lipinski definition) is 3. The molecule has 90 valence electrons. The SMILES string of the molecule is CCn1nccc1CNC(=O)c1cnn(C)c1. The smallest absolute Gasteiger partial charge is 0.254 e. The van der Waals surface area contributed by atoms with Gasteiger partial charge in [0.25, 0.3) is 5.91 Å². The van der Waals surface area contributed by atoms with Crippen molar-refractivity contribution in [3.05, 3.63) is 35.9 Å². The van der Waals surface area contributed by atoms with E-state index in [1.54, 1.807) is 30.3 Å². The normalized spacial score (nSPS) is 10.5. The minimum atomic E-state index is -0.123. The molecule has 6 heteroatoms. The van der Waals surface area contributed by atoms with Gasteiger partial charge in [-0.25, -0.2) is 0 Å². The Kier molecular flexibility index (Phi) is 3.22. The van der Waals surface area contributed by atoms with E-state index in [0.29, 0.717) is 12.1 Å². The molecule has 1 N–H and O–H groups in total. The Hall–Kier alpha value is -2.11. The molecule has 2 rings (SSSR count). The zero-order valence-corrected chi connectivity index (χ0v) is 9.92. The van der Waals surface area contributed by atoms with Crippen LogP contribution in [0.1, 0.15) is 23.0 Å². The second kappa shape index (κ2) is 4.82. The highest BCUT2D eigenvalue weighted by molar-refractivity contribution is 5.93. The van der Waals surface area contributed by atoms with Gasteiger partial charge in [-0.3, -0.25) is 14.2 Å². The van der Waals surface area contributed by atoms with Gasteiger partial charge in [0.1, 0.15) is 0 Å². The summed E-state index contributed by atoms with van der Waals surface area (Å²) < 4.78 is 3.45. The molecule has 0 aromatic carbocycles. The average Bonchev–Trinajstić information content (AvgIpc) is 2.94. The van der Waals surface area contributed by atoms with Gasteiger partial charge in [-0.05, 0) is 13.0 Å². The number of nitrogens with zero attached hydrogens (tertiary/aromatic N) is 4. The average molecular weight is 233 g/mol. The predicted molar refractivity (Wildman–Crippen MR) is 62.3 cm³/mol. The molecule has 2 aromatic rings. The van der Waals surface area contributed by atoms with E-state index in [0.717, 1.165) is 12.2 Å². The maximum Gasteiger partial charge on any atom is 0.254 e. The zero-order valence-electron chi connectivity index (χ0n) is 9.92. The summed E-state index contributed by atoms with van der Waals surface area (Å²) in [6.07, 6.45) is 4.97. The highest BCUT2D eigenvalue weighted by atomic mass is 16.1. The summed E-state index contributed by atoms with van der Waals surface area (Å²) in [6, 6.07) is 1.90. The molecule has 0 radical (unpaired) electrons. The van der Waals surface area contributed by atoms with E-state index in [2.05, 4.69) is 15.5 Å². The zero-order chi connectivity index (χ0) is 12.3. The summed E-state index contributed by atoms with van der Waals surface area (Å²) in [5, 5.41) is 10.9. The third-order valence-electron chi connectivity index (χ3n) is 2.50. The Morgan fingerprint density at radius 3 is 2.94 bits per heavy atom. The lowest BCUT2D eigenvalue weighted by molar-refractivity contribution is 0.0950. The largest absolute Gasteiger partial charge is 0.346 e. The van der Waals surface area contributed by atoms with Crippen LogP contribution in [0.3, 0.4) is 0 Å². The Morgan fingerprint density at radius 1 is 1.47 bits per heavy atom. The molecule has 2 heterocycles. The Balaban J connectivity index is 1.97. The molecule has 0 spiro atoms. The second-order valence-electron chi connectivity index (χ2n) is 3.72. The molecule has 2 aromatic heterocycles. The standard InChI is InChI=1S/C11H15N5O/c1-3-16-10(4-5-13-16)7-12-11(17)9-6-14-15(2)8-9/h4-6,8H,3,7H2,1-2H3,(H,12,17). The predicted octanol–water partition coefficient (Wildman–Crippen LogP) is 0.566. The van der Waals surface area contributed by atoms with E-state index < -0.39 is 0 Å². The first-order valence-electron chi connectivity index (χ1n) is 5.48. The Labute approximate surface area is 99.2 Å². The Bertz CT molecular complexity index is 513. The third kappa shape index (κ3) is 2.52. The van der Waals surface area contributed by atoms with Gasteiger partial charge in [0.15, 0.2) is 0 Å². The van der Waals surface area contributed by atoms with E-state index >= 15 is 0 Å². The van der Waals surface area contributed by atoms with E-state index in [1.807, 2.05) is 17.7 Å². The lowest BCUT2D eigenvalue weighted by Crippen LogP contribution is -2.24. The summed E-state index contributed by atoms with van der Waals surface area (Å²) in [6.45, 7) is 3.28. The van der Waals surface area contributed by atoms with Crippen LogP contribution in [0.25, 0.3) is 0 Å². The third-order valence-corrected chi connectivity index (χ3v) is 2.50. The van der Waals surface area contributed by atoms with Crippen LogP contribution in [0.15, 0.2) is 24.7 Å². The van der Waals surface area contributed by atoms with E-state index in [9.17, 15) is 4.79 Å². The van der Waals surface area contributed by atoms with Crippen LogP contribution in [0, 0.1) is 0 Å². The topological polar surface area (TPSA) is 64.7 Å². The molecule has 0 aliphatic rings. The van der Waals surface area contributed by atoms with Crippen LogP contribution in [0.4, 0.5) is 0 Å². The molecule has 6 nitrogen and oxygen atoms in total. The summed E-state index contributed by atoms with van der Waals surface area (Å²) in [4.78, 5) is 11.8. The van der Waals surface area contributed by atoms with Crippen molar-refractivity contribution >= 4 is 5.91 Å². The van der Waals surface area contributed by atoms with Crippen molar-refractivity contribution in [2.75, 3.05) is 0 Å². The van der Waals surface area contributed by atoms with Gasteiger partial charge in [-0.15, -0.1) is 0 Å². The highest BCUT2D eigenvalue weighted by Crippen LogP contribution is 2.00. The summed E-state index contributed by atoms with van der Waals surface area (Å²) in [7, 11) is 1.78. The van der Waals surface area contributed by atoms with Crippen LogP contribution in [-0.2, 0) is 20.1 Å². The van der Waals surface area contributed by atoms with Gasteiger partial charge in [0.05, 0.1) is 24.0 Å². The fourth-order valence-electron chi connectivity index (χ4n) is 1.61. The molecule has 0 aliphatic carbocycles. The van der Waals surface area contributed by atoms with Gasteiger partial charge in [0, 0.05) is 26.0 Å². The van der Waals surface area contributed by atoms with Crippen molar-refractivity contribution in [2.45, 2.75) is 20.0 Å². The van der Waals surface area contributed by atoms with E-state index in [-0.39, 0.29) is 5.91 Å². The molecule has 0 saturated heterocycles. The lowest BCUT2D eigenvalue weighted by Gasteiger charge is -2.05. The second-order valence-corrected chi connectivity index (χ2v) is 3.72. The maximum absolute atomic E-state index is 11.8. The van der Waals surface area contributed by atoms with Crippen LogP contribution in [0.2, 0.25) is 0 Å². The number of nitrogens with one attached hydrogen (secondary N) is 1. The molecular weight excluding hydrogens is 218 g/mol. The number of carbonyl (C=O) groups excluding carboxylic acids is 1. The van der Waals surface area contributed by atoms with Crippen molar-refractivity contribution in [1.29, 1.82) is 0 Å². The van der Waals surface area contributed by atoms with Crippen LogP contribution in [0.5, 0.6) is 0 Å². The molecule has 0 aliphatic heterocycles. The van der Waals surface area contributed by atoms with Crippen molar-refractivity contribution < 1.29 is 4.79 Å². The summed E-state index contributed by atoms with van der Waals surface area (Å²) >= 11 is 0. The van der Waals surface area contributed by atoms with Crippen LogP contribution in [-0.4, -0.2) is 25.5 Å². The molecule has 0 bridgehead atoms. The van der Waals surface area contributed by atoms with Crippen LogP contribution < -0.4 is 5.32 Å². The summed E-state index contributed by atoms with van der Waals surface area (Å²) in [5.74, 6) is -0.123. The van der Waals surface area contributed by atoms with Gasteiger partial charge in [-0.1, -0.05) is 0 Å². The number of rotatable bonds is 4. The number of amides is 1. The van der Waals surface area contributed by atoms with Crippen molar-refractivity contribution in [3.63, 3.8) is 0 Å². The van der Waals surface area contributed by atoms with Crippen molar-refractivity contribution in [2.24, 2.45) is 7.05 Å². The van der Waals surface area contributed by atoms with Crippen molar-refractivity contribution in [1.82, 2.24) is 24.9 Å². The number of aromatic nitrogens is 4. The molecule has 0 saturated carbocycles. The van der Waals surface area contributed by atoms with Gasteiger partial charge >= 0.3 is 0 Å². The fourth-order valence-corrected chi connectivity index (χ4v) is 1.61. The van der Waals surface area contributed by atoms with Crippen LogP contribution >= 0.6 is 0 Å². The monoisotopic (exact) mass is 233 g/mol. The van der Waals surface area contributed by atoms with Gasteiger partial charge < -0.3 is 5.32 Å². The first-order chi connectivity index (χ1) is 8.20. The minimum absolute atomic E-state index is 0.123. The summed E-state index contributed by atoms with van der Waals surface area (Å²) in [5.41, 5.74) is 1.56. The first kappa shape index (κ1) is 11.4. The lowest BCUT2D eigenvalue weighted by atomic mass is 10.3. The quantitative estimate of drug-likeness (QED) is 0.839. The Morgan fingerprint density at radius 2 is 2.29 bits per heavy atom. The molecule has 0 fully saturated rings. The maximum atomic E-state index is 11.8. The number of hydrogen-bond donors (Lipinski definition) is 1. The number of carbonyl (C=O) groups is 1. The van der Waals surface area contributed by atoms with E-state index in [4.69, 9.17) is 0 Å². The molecule has 0 unspecified atom stereocenters. The first-order valence-corrected chi connectivity index (χ1v) is 5.48. The highest BCUT2D eigenvalue weighted by Gasteiger charge is 2.08. The van der Waals surface area contributed by atoms with E-state index in [1.165, 1.54) is 0 Å². The van der Waals surface area contributed by atoms with Gasteiger partial charge in [0.2, 0.25) is 0 Å². The minimum Gasteiger partial charge on any atom is -0.346 e. The molecular formula is C11H15N5O. The molecule has 1 amide bonds.